The molecular formula is C16H21N3S. The van der Waals surface area contributed by atoms with E-state index in [9.17, 15) is 0 Å². The molecule has 3 N–H and O–H groups in total. The number of nitrogen functional groups attached to an aromatic ring is 1. The Morgan fingerprint density at radius 2 is 2.10 bits per heavy atom. The molecule has 2 atom stereocenters. The van der Waals surface area contributed by atoms with Gasteiger partial charge in [-0.1, -0.05) is 12.8 Å². The number of benzene rings is 1. The van der Waals surface area contributed by atoms with E-state index in [0.29, 0.717) is 11.3 Å². The Balaban J connectivity index is 1.92. The maximum absolute atomic E-state index is 6.04. The third-order valence-electron chi connectivity index (χ3n) is 4.15. The van der Waals surface area contributed by atoms with Crippen molar-refractivity contribution in [3.63, 3.8) is 0 Å². The van der Waals surface area contributed by atoms with Crippen molar-refractivity contribution in [3.8, 4) is 0 Å². The maximum Gasteiger partial charge on any atom is 0.0953 e. The average Bonchev–Trinajstić information content (AvgIpc) is 2.51. The highest BCUT2D eigenvalue weighted by Gasteiger charge is 2.24. The van der Waals surface area contributed by atoms with Gasteiger partial charge < -0.3 is 11.1 Å². The van der Waals surface area contributed by atoms with Gasteiger partial charge >= 0.3 is 0 Å². The summed E-state index contributed by atoms with van der Waals surface area (Å²) < 4.78 is 0. The van der Waals surface area contributed by atoms with Crippen LogP contribution in [0.25, 0.3) is 10.9 Å². The van der Waals surface area contributed by atoms with Gasteiger partial charge in [-0.15, -0.1) is 0 Å². The van der Waals surface area contributed by atoms with Crippen LogP contribution in [0.15, 0.2) is 30.5 Å². The highest BCUT2D eigenvalue weighted by molar-refractivity contribution is 7.99. The summed E-state index contributed by atoms with van der Waals surface area (Å²) in [6.07, 6.45) is 9.26. The third-order valence-corrected chi connectivity index (χ3v) is 5.32. The number of thioether (sulfide) groups is 1. The van der Waals surface area contributed by atoms with Crippen molar-refractivity contribution in [1.29, 1.82) is 0 Å². The molecule has 20 heavy (non-hydrogen) atoms. The van der Waals surface area contributed by atoms with Crippen LogP contribution in [-0.4, -0.2) is 22.5 Å². The van der Waals surface area contributed by atoms with Crippen LogP contribution in [0.1, 0.15) is 25.7 Å². The number of hydrogen-bond acceptors (Lipinski definition) is 4. The van der Waals surface area contributed by atoms with Crippen molar-refractivity contribution >= 4 is 34.0 Å². The van der Waals surface area contributed by atoms with Crippen molar-refractivity contribution in [2.24, 2.45) is 0 Å². The van der Waals surface area contributed by atoms with Crippen molar-refractivity contribution in [3.05, 3.63) is 30.5 Å². The van der Waals surface area contributed by atoms with Crippen LogP contribution >= 0.6 is 11.8 Å². The molecule has 0 saturated heterocycles. The number of nitrogens with zero attached hydrogens (tertiary/aromatic N) is 1. The van der Waals surface area contributed by atoms with E-state index in [1.54, 1.807) is 0 Å². The second-order valence-corrected chi connectivity index (χ2v) is 6.49. The Kier molecular flexibility index (Phi) is 4.01. The minimum Gasteiger partial charge on any atom is -0.398 e. The first kappa shape index (κ1) is 13.6. The lowest BCUT2D eigenvalue weighted by Gasteiger charge is -2.32. The van der Waals surface area contributed by atoms with Crippen LogP contribution in [0, 0.1) is 0 Å². The fourth-order valence-electron chi connectivity index (χ4n) is 3.05. The monoisotopic (exact) mass is 287 g/mol. The summed E-state index contributed by atoms with van der Waals surface area (Å²) in [4.78, 5) is 4.51. The topological polar surface area (TPSA) is 50.9 Å². The molecule has 1 aliphatic rings. The molecule has 2 unspecified atom stereocenters. The highest BCUT2D eigenvalue weighted by atomic mass is 32.2. The summed E-state index contributed by atoms with van der Waals surface area (Å²) >= 11 is 1.97. The number of anilines is 2. The second-order valence-electron chi connectivity index (χ2n) is 5.41. The molecule has 1 fully saturated rings. The Bertz CT molecular complexity index is 599. The van der Waals surface area contributed by atoms with Crippen molar-refractivity contribution in [2.45, 2.75) is 37.0 Å². The molecule has 0 bridgehead atoms. The molecule has 2 aromatic rings. The molecule has 4 heteroatoms. The van der Waals surface area contributed by atoms with Gasteiger partial charge in [-0.3, -0.25) is 4.98 Å². The van der Waals surface area contributed by atoms with Crippen molar-refractivity contribution < 1.29 is 0 Å². The second kappa shape index (κ2) is 5.92. The number of fused-ring (bicyclic) bond motifs is 1. The van der Waals surface area contributed by atoms with E-state index < -0.39 is 0 Å². The third kappa shape index (κ3) is 2.57. The van der Waals surface area contributed by atoms with Crippen LogP contribution in [0.3, 0.4) is 0 Å². The van der Waals surface area contributed by atoms with Gasteiger partial charge in [0.15, 0.2) is 0 Å². The van der Waals surface area contributed by atoms with Crippen molar-refractivity contribution in [2.75, 3.05) is 17.3 Å². The Labute approximate surface area is 124 Å². The van der Waals surface area contributed by atoms with E-state index in [4.69, 9.17) is 5.73 Å². The first-order valence-electron chi connectivity index (χ1n) is 7.22. The maximum atomic E-state index is 6.04. The van der Waals surface area contributed by atoms with Gasteiger partial charge in [-0.2, -0.15) is 11.8 Å². The molecule has 106 valence electrons. The standard InChI is InChI=1S/C16H21N3S/c1-20-15-7-3-2-6-13(15)19-14-9-8-12(17)11-5-4-10-18-16(11)14/h4-5,8-10,13,15,19H,2-3,6-7,17H2,1H3. The van der Waals surface area contributed by atoms with Gasteiger partial charge in [0.1, 0.15) is 0 Å². The first-order chi connectivity index (χ1) is 9.79. The largest absolute Gasteiger partial charge is 0.398 e. The van der Waals surface area contributed by atoms with Gasteiger partial charge in [-0.25, -0.2) is 0 Å². The SMILES string of the molecule is CSC1CCCCC1Nc1ccc(N)c2cccnc12. The minimum absolute atomic E-state index is 0.535. The number of hydrogen-bond donors (Lipinski definition) is 2. The van der Waals surface area contributed by atoms with Crippen LogP contribution in [0.5, 0.6) is 0 Å². The van der Waals surface area contributed by atoms with Crippen molar-refractivity contribution in [1.82, 2.24) is 4.98 Å². The minimum atomic E-state index is 0.535. The molecule has 0 aliphatic heterocycles. The van der Waals surface area contributed by atoms with Gasteiger partial charge in [0.05, 0.1) is 11.2 Å². The summed E-state index contributed by atoms with van der Waals surface area (Å²) in [5.74, 6) is 0. The molecule has 3 rings (SSSR count). The predicted octanol–water partition coefficient (Wildman–Crippen LogP) is 3.90. The molecule has 0 amide bonds. The lowest BCUT2D eigenvalue weighted by atomic mass is 9.94. The molecule has 0 radical (unpaired) electrons. The van der Waals surface area contributed by atoms with Gasteiger partial charge in [0.2, 0.25) is 0 Å². The number of aromatic nitrogens is 1. The molecule has 0 spiro atoms. The van der Waals surface area contributed by atoms with E-state index in [2.05, 4.69) is 22.6 Å². The number of rotatable bonds is 3. The van der Waals surface area contributed by atoms with Crippen LogP contribution in [0.4, 0.5) is 11.4 Å². The molecule has 1 aromatic carbocycles. The lowest BCUT2D eigenvalue weighted by molar-refractivity contribution is 0.475. The van der Waals surface area contributed by atoms with E-state index >= 15 is 0 Å². The number of nitrogens with one attached hydrogen (secondary N) is 1. The quantitative estimate of drug-likeness (QED) is 0.841. The van der Waals surface area contributed by atoms with E-state index in [-0.39, 0.29) is 0 Å². The van der Waals surface area contributed by atoms with Gasteiger partial charge in [-0.05, 0) is 43.4 Å². The highest BCUT2D eigenvalue weighted by Crippen LogP contribution is 2.32. The van der Waals surface area contributed by atoms with Crippen LogP contribution in [-0.2, 0) is 0 Å². The summed E-state index contributed by atoms with van der Waals surface area (Å²) in [6.45, 7) is 0. The molecule has 1 saturated carbocycles. The molecule has 3 nitrogen and oxygen atoms in total. The molecule has 1 heterocycles. The number of pyridine rings is 1. The zero-order valence-corrected chi connectivity index (χ0v) is 12.6. The zero-order valence-electron chi connectivity index (χ0n) is 11.8. The fraction of sp³-hybridized carbons (Fsp3) is 0.438. The van der Waals surface area contributed by atoms with Crippen LogP contribution < -0.4 is 11.1 Å². The molecule has 1 aromatic heterocycles. The fourth-order valence-corrected chi connectivity index (χ4v) is 3.99. The smallest absolute Gasteiger partial charge is 0.0953 e. The van der Waals surface area contributed by atoms with Gasteiger partial charge in [0.25, 0.3) is 0 Å². The van der Waals surface area contributed by atoms with E-state index in [0.717, 1.165) is 22.3 Å². The Hall–Kier alpha value is -1.42. The number of nitrogens with two attached hydrogens (primary N) is 1. The summed E-state index contributed by atoms with van der Waals surface area (Å²) in [5.41, 5.74) is 8.93. The van der Waals surface area contributed by atoms with E-state index in [1.165, 1.54) is 25.7 Å². The zero-order chi connectivity index (χ0) is 13.9. The van der Waals surface area contributed by atoms with E-state index in [1.807, 2.05) is 36.2 Å². The Morgan fingerprint density at radius 1 is 1.25 bits per heavy atom. The lowest BCUT2D eigenvalue weighted by Crippen LogP contribution is -2.34. The normalized spacial score (nSPS) is 22.9. The summed E-state index contributed by atoms with van der Waals surface area (Å²) in [5, 5.41) is 5.44. The molecular weight excluding hydrogens is 266 g/mol. The average molecular weight is 287 g/mol. The molecule has 1 aliphatic carbocycles. The van der Waals surface area contributed by atoms with Gasteiger partial charge in [0, 0.05) is 28.6 Å². The summed E-state index contributed by atoms with van der Waals surface area (Å²) in [6, 6.07) is 8.55. The first-order valence-corrected chi connectivity index (χ1v) is 8.51. The predicted molar refractivity (Wildman–Crippen MR) is 89.3 cm³/mol. The summed E-state index contributed by atoms with van der Waals surface area (Å²) in [7, 11) is 0. The van der Waals surface area contributed by atoms with Crippen LogP contribution in [0.2, 0.25) is 0 Å². The Morgan fingerprint density at radius 3 is 2.95 bits per heavy atom.